The SMILES string of the molecule is CNC1CCCN(CCCOc2ccc(Cl)cc2)C1. The molecule has 1 aliphatic rings. The first-order valence-electron chi connectivity index (χ1n) is 7.06. The molecule has 1 atom stereocenters. The Bertz CT molecular complexity index is 369. The number of piperidine rings is 1. The summed E-state index contributed by atoms with van der Waals surface area (Å²) in [6.07, 6.45) is 3.66. The van der Waals surface area contributed by atoms with E-state index in [1.807, 2.05) is 24.3 Å². The Labute approximate surface area is 120 Å². The summed E-state index contributed by atoms with van der Waals surface area (Å²) < 4.78 is 5.70. The molecule has 1 aromatic rings. The van der Waals surface area contributed by atoms with E-state index < -0.39 is 0 Å². The number of likely N-dealkylation sites (N-methyl/N-ethyl adjacent to an activating group) is 1. The van der Waals surface area contributed by atoms with Gasteiger partial charge in [0.2, 0.25) is 0 Å². The molecule has 1 fully saturated rings. The first kappa shape index (κ1) is 14.6. The molecule has 0 spiro atoms. The Morgan fingerprint density at radius 1 is 1.37 bits per heavy atom. The quantitative estimate of drug-likeness (QED) is 0.812. The van der Waals surface area contributed by atoms with E-state index in [1.165, 1.54) is 19.4 Å². The van der Waals surface area contributed by atoms with E-state index in [9.17, 15) is 0 Å². The maximum Gasteiger partial charge on any atom is 0.119 e. The van der Waals surface area contributed by atoms with Crippen molar-refractivity contribution in [1.29, 1.82) is 0 Å². The third-order valence-corrected chi connectivity index (χ3v) is 3.87. The minimum atomic E-state index is 0.658. The molecule has 1 saturated heterocycles. The number of benzene rings is 1. The lowest BCUT2D eigenvalue weighted by Gasteiger charge is -2.32. The Kier molecular flexibility index (Phi) is 5.95. The van der Waals surface area contributed by atoms with Crippen LogP contribution < -0.4 is 10.1 Å². The second kappa shape index (κ2) is 7.73. The molecule has 1 heterocycles. The fourth-order valence-corrected chi connectivity index (χ4v) is 2.63. The highest BCUT2D eigenvalue weighted by atomic mass is 35.5. The Balaban J connectivity index is 1.62. The van der Waals surface area contributed by atoms with E-state index >= 15 is 0 Å². The summed E-state index contributed by atoms with van der Waals surface area (Å²) in [5.41, 5.74) is 0. The number of hydrogen-bond acceptors (Lipinski definition) is 3. The summed E-state index contributed by atoms with van der Waals surface area (Å²) in [6, 6.07) is 8.21. The molecule has 0 aromatic heterocycles. The molecular weight excluding hydrogens is 260 g/mol. The summed E-state index contributed by atoms with van der Waals surface area (Å²) in [6.45, 7) is 4.27. The minimum absolute atomic E-state index is 0.658. The molecule has 1 aliphatic heterocycles. The van der Waals surface area contributed by atoms with Gasteiger partial charge in [0.05, 0.1) is 6.61 Å². The van der Waals surface area contributed by atoms with E-state index in [4.69, 9.17) is 16.3 Å². The van der Waals surface area contributed by atoms with Gasteiger partial charge in [-0.3, -0.25) is 0 Å². The Morgan fingerprint density at radius 2 is 2.16 bits per heavy atom. The van der Waals surface area contributed by atoms with Crippen molar-refractivity contribution in [1.82, 2.24) is 10.2 Å². The van der Waals surface area contributed by atoms with Gasteiger partial charge < -0.3 is 15.0 Å². The van der Waals surface area contributed by atoms with Gasteiger partial charge in [0.25, 0.3) is 0 Å². The predicted molar refractivity (Wildman–Crippen MR) is 80.1 cm³/mol. The summed E-state index contributed by atoms with van der Waals surface area (Å²) in [7, 11) is 2.05. The zero-order valence-corrected chi connectivity index (χ0v) is 12.3. The number of hydrogen-bond donors (Lipinski definition) is 1. The smallest absolute Gasteiger partial charge is 0.119 e. The van der Waals surface area contributed by atoms with Gasteiger partial charge in [0, 0.05) is 24.2 Å². The van der Waals surface area contributed by atoms with Crippen LogP contribution in [0, 0.1) is 0 Å². The van der Waals surface area contributed by atoms with Gasteiger partial charge in [-0.1, -0.05) is 11.6 Å². The van der Waals surface area contributed by atoms with Gasteiger partial charge in [0.1, 0.15) is 5.75 Å². The van der Waals surface area contributed by atoms with Crippen LogP contribution in [0.2, 0.25) is 5.02 Å². The summed E-state index contributed by atoms with van der Waals surface area (Å²) in [4.78, 5) is 2.52. The van der Waals surface area contributed by atoms with Crippen LogP contribution in [0.15, 0.2) is 24.3 Å². The molecule has 4 heteroatoms. The van der Waals surface area contributed by atoms with Crippen LogP contribution >= 0.6 is 11.6 Å². The number of nitrogens with one attached hydrogen (secondary N) is 1. The van der Waals surface area contributed by atoms with Crippen molar-refractivity contribution in [3.05, 3.63) is 29.3 Å². The van der Waals surface area contributed by atoms with Crippen LogP contribution in [0.4, 0.5) is 0 Å². The summed E-state index contributed by atoms with van der Waals surface area (Å²) in [5.74, 6) is 0.899. The highest BCUT2D eigenvalue weighted by Gasteiger charge is 2.17. The van der Waals surface area contributed by atoms with Gasteiger partial charge in [-0.25, -0.2) is 0 Å². The van der Waals surface area contributed by atoms with Gasteiger partial charge in [-0.15, -0.1) is 0 Å². The van der Waals surface area contributed by atoms with E-state index in [2.05, 4.69) is 17.3 Å². The van der Waals surface area contributed by atoms with Crippen LogP contribution in [0.3, 0.4) is 0 Å². The standard InChI is InChI=1S/C15H23ClN2O/c1-17-14-4-2-9-18(12-14)10-3-11-19-15-7-5-13(16)6-8-15/h5-8,14,17H,2-4,9-12H2,1H3. The molecule has 1 aromatic carbocycles. The zero-order chi connectivity index (χ0) is 13.5. The van der Waals surface area contributed by atoms with Crippen molar-refractivity contribution in [2.75, 3.05) is 33.3 Å². The molecular formula is C15H23ClN2O. The fraction of sp³-hybridized carbons (Fsp3) is 0.600. The second-order valence-corrected chi connectivity index (χ2v) is 5.52. The topological polar surface area (TPSA) is 24.5 Å². The molecule has 0 aliphatic carbocycles. The maximum absolute atomic E-state index is 5.83. The average Bonchev–Trinajstić information content (AvgIpc) is 2.46. The number of rotatable bonds is 6. The van der Waals surface area contributed by atoms with Crippen LogP contribution in [-0.4, -0.2) is 44.2 Å². The molecule has 19 heavy (non-hydrogen) atoms. The monoisotopic (exact) mass is 282 g/mol. The number of likely N-dealkylation sites (tertiary alicyclic amines) is 1. The van der Waals surface area contributed by atoms with Gasteiger partial charge >= 0.3 is 0 Å². The maximum atomic E-state index is 5.83. The van der Waals surface area contributed by atoms with Crippen molar-refractivity contribution in [2.45, 2.75) is 25.3 Å². The van der Waals surface area contributed by atoms with E-state index in [0.717, 1.165) is 36.9 Å². The summed E-state index contributed by atoms with van der Waals surface area (Å²) in [5, 5.41) is 4.12. The lowest BCUT2D eigenvalue weighted by molar-refractivity contribution is 0.179. The predicted octanol–water partition coefficient (Wildman–Crippen LogP) is 2.79. The molecule has 0 bridgehead atoms. The normalized spacial score (nSPS) is 20.4. The van der Waals surface area contributed by atoms with Crippen molar-refractivity contribution in [3.63, 3.8) is 0 Å². The lowest BCUT2D eigenvalue weighted by atomic mass is 10.1. The fourth-order valence-electron chi connectivity index (χ4n) is 2.50. The highest BCUT2D eigenvalue weighted by molar-refractivity contribution is 6.30. The second-order valence-electron chi connectivity index (χ2n) is 5.08. The van der Waals surface area contributed by atoms with Crippen LogP contribution in [0.1, 0.15) is 19.3 Å². The summed E-state index contributed by atoms with van der Waals surface area (Å²) >= 11 is 5.83. The zero-order valence-electron chi connectivity index (χ0n) is 11.6. The van der Waals surface area contributed by atoms with Crippen molar-refractivity contribution < 1.29 is 4.74 Å². The number of nitrogens with zero attached hydrogens (tertiary/aromatic N) is 1. The van der Waals surface area contributed by atoms with Crippen molar-refractivity contribution >= 4 is 11.6 Å². The van der Waals surface area contributed by atoms with Crippen LogP contribution in [0.5, 0.6) is 5.75 Å². The molecule has 3 nitrogen and oxygen atoms in total. The Morgan fingerprint density at radius 3 is 2.89 bits per heavy atom. The van der Waals surface area contributed by atoms with Gasteiger partial charge in [-0.05, 0) is 57.1 Å². The third kappa shape index (κ3) is 5.01. The minimum Gasteiger partial charge on any atom is -0.494 e. The van der Waals surface area contributed by atoms with E-state index in [-0.39, 0.29) is 0 Å². The molecule has 0 radical (unpaired) electrons. The van der Waals surface area contributed by atoms with Gasteiger partial charge in [0.15, 0.2) is 0 Å². The van der Waals surface area contributed by atoms with Crippen molar-refractivity contribution in [2.24, 2.45) is 0 Å². The molecule has 0 saturated carbocycles. The number of ether oxygens (including phenoxy) is 1. The average molecular weight is 283 g/mol. The molecule has 2 rings (SSSR count). The molecule has 1 unspecified atom stereocenters. The first-order valence-corrected chi connectivity index (χ1v) is 7.43. The number of halogens is 1. The van der Waals surface area contributed by atoms with Crippen molar-refractivity contribution in [3.8, 4) is 5.75 Å². The molecule has 1 N–H and O–H groups in total. The Hall–Kier alpha value is -0.770. The highest BCUT2D eigenvalue weighted by Crippen LogP contribution is 2.16. The van der Waals surface area contributed by atoms with Crippen LogP contribution in [-0.2, 0) is 0 Å². The van der Waals surface area contributed by atoms with Crippen LogP contribution in [0.25, 0.3) is 0 Å². The van der Waals surface area contributed by atoms with E-state index in [1.54, 1.807) is 0 Å². The van der Waals surface area contributed by atoms with Gasteiger partial charge in [-0.2, -0.15) is 0 Å². The molecule has 106 valence electrons. The van der Waals surface area contributed by atoms with E-state index in [0.29, 0.717) is 6.04 Å². The third-order valence-electron chi connectivity index (χ3n) is 3.61. The molecule has 0 amide bonds. The largest absolute Gasteiger partial charge is 0.494 e. The lowest BCUT2D eigenvalue weighted by Crippen LogP contribution is -2.44. The first-order chi connectivity index (χ1) is 9.28.